The summed E-state index contributed by atoms with van der Waals surface area (Å²) >= 11 is 3.41. The lowest BCUT2D eigenvalue weighted by atomic mass is 9.85. The summed E-state index contributed by atoms with van der Waals surface area (Å²) in [5, 5.41) is 16.9. The molecule has 0 spiro atoms. The number of fused-ring (bicyclic) bond motifs is 1. The minimum atomic E-state index is -0.609. The van der Waals surface area contributed by atoms with Crippen LogP contribution in [0.1, 0.15) is 34.0 Å². The van der Waals surface area contributed by atoms with Gasteiger partial charge < -0.3 is 10.4 Å². The van der Waals surface area contributed by atoms with Crippen molar-refractivity contribution < 1.29 is 14.7 Å². The molecule has 3 aromatic rings. The maximum absolute atomic E-state index is 13.1. The maximum Gasteiger partial charge on any atom is 0.226 e. The van der Waals surface area contributed by atoms with E-state index < -0.39 is 5.92 Å². The number of rotatable bonds is 3. The number of benzene rings is 2. The van der Waals surface area contributed by atoms with Crippen LogP contribution in [-0.2, 0) is 4.79 Å². The number of phenolic OH excluding ortho intramolecular Hbond substituents is 1. The van der Waals surface area contributed by atoms with Gasteiger partial charge in [0.2, 0.25) is 5.91 Å². The van der Waals surface area contributed by atoms with Crippen LogP contribution in [0.15, 0.2) is 53.0 Å². The Morgan fingerprint density at radius 2 is 1.85 bits per heavy atom. The number of halogens is 1. The van der Waals surface area contributed by atoms with Crippen LogP contribution in [0.5, 0.6) is 5.75 Å². The molecule has 0 saturated carbocycles. The van der Waals surface area contributed by atoms with Gasteiger partial charge >= 0.3 is 0 Å². The Morgan fingerprint density at radius 3 is 2.52 bits per heavy atom. The van der Waals surface area contributed by atoms with Crippen LogP contribution < -0.4 is 5.32 Å². The molecule has 4 rings (SSSR count). The first-order chi connectivity index (χ1) is 12.9. The summed E-state index contributed by atoms with van der Waals surface area (Å²) in [5.41, 5.74) is 2.68. The fourth-order valence-electron chi connectivity index (χ4n) is 3.37. The molecule has 1 atom stereocenters. The lowest BCUT2D eigenvalue weighted by Gasteiger charge is -2.23. The molecule has 0 saturated heterocycles. The van der Waals surface area contributed by atoms with Gasteiger partial charge in [0.15, 0.2) is 5.78 Å². The van der Waals surface area contributed by atoms with Gasteiger partial charge in [0.1, 0.15) is 11.6 Å². The van der Waals surface area contributed by atoms with E-state index in [4.69, 9.17) is 0 Å². The van der Waals surface area contributed by atoms with Crippen molar-refractivity contribution in [2.24, 2.45) is 0 Å². The Bertz CT molecular complexity index is 1040. The molecule has 1 aromatic heterocycles. The average molecular weight is 426 g/mol. The van der Waals surface area contributed by atoms with Crippen molar-refractivity contribution in [3.8, 4) is 11.4 Å². The Kier molecular flexibility index (Phi) is 4.31. The van der Waals surface area contributed by atoms with E-state index in [1.807, 2.05) is 31.2 Å². The first-order valence-corrected chi connectivity index (χ1v) is 9.22. The third kappa shape index (κ3) is 3.14. The minimum absolute atomic E-state index is 0.0690. The largest absolute Gasteiger partial charge is 0.508 e. The molecule has 6 nitrogen and oxygen atoms in total. The van der Waals surface area contributed by atoms with Crippen molar-refractivity contribution in [1.29, 1.82) is 0 Å². The summed E-state index contributed by atoms with van der Waals surface area (Å²) in [6.07, 6.45) is 0.0690. The monoisotopic (exact) mass is 425 g/mol. The van der Waals surface area contributed by atoms with Gasteiger partial charge in [-0.15, -0.1) is 0 Å². The van der Waals surface area contributed by atoms with Gasteiger partial charge in [-0.1, -0.05) is 15.9 Å². The van der Waals surface area contributed by atoms with Crippen LogP contribution in [-0.4, -0.2) is 26.6 Å². The van der Waals surface area contributed by atoms with Crippen LogP contribution in [0.4, 0.5) is 5.82 Å². The molecule has 0 radical (unpaired) electrons. The minimum Gasteiger partial charge on any atom is -0.508 e. The van der Waals surface area contributed by atoms with Gasteiger partial charge in [0, 0.05) is 22.0 Å². The third-order valence-corrected chi connectivity index (χ3v) is 5.17. The standard InChI is InChI=1S/C20H16BrN3O3/c1-11-18-16(19(27)12-2-8-15(25)9-3-12)10-17(26)22-20(18)24(23-11)14-6-4-13(21)5-7-14/h2-9,16,25H,10H2,1H3,(H,22,26)/t16-/m1/s1. The number of amides is 1. The molecule has 1 amide bonds. The first-order valence-electron chi connectivity index (χ1n) is 8.42. The number of nitrogens with one attached hydrogen (secondary N) is 1. The van der Waals surface area contributed by atoms with Crippen molar-refractivity contribution in [2.45, 2.75) is 19.3 Å². The number of carbonyl (C=O) groups excluding carboxylic acids is 2. The molecule has 2 aromatic carbocycles. The second kappa shape index (κ2) is 6.66. The summed E-state index contributed by atoms with van der Waals surface area (Å²) in [5.74, 6) is -0.374. The van der Waals surface area contributed by atoms with E-state index >= 15 is 0 Å². The predicted octanol–water partition coefficient (Wildman–Crippen LogP) is 3.96. The van der Waals surface area contributed by atoms with Crippen LogP contribution in [0, 0.1) is 6.92 Å². The van der Waals surface area contributed by atoms with Crippen molar-refractivity contribution in [2.75, 3.05) is 5.32 Å². The molecular weight excluding hydrogens is 410 g/mol. The molecule has 0 fully saturated rings. The van der Waals surface area contributed by atoms with Gasteiger partial charge in [-0.2, -0.15) is 5.10 Å². The number of aromatic nitrogens is 2. The molecule has 27 heavy (non-hydrogen) atoms. The normalized spacial score (nSPS) is 15.9. The highest BCUT2D eigenvalue weighted by Crippen LogP contribution is 2.38. The number of carbonyl (C=O) groups is 2. The maximum atomic E-state index is 13.1. The highest BCUT2D eigenvalue weighted by Gasteiger charge is 2.36. The number of ketones is 1. The number of Topliss-reactive ketones (excluding diaryl/α,β-unsaturated/α-hetero) is 1. The van der Waals surface area contributed by atoms with E-state index in [0.29, 0.717) is 17.1 Å². The smallest absolute Gasteiger partial charge is 0.226 e. The third-order valence-electron chi connectivity index (χ3n) is 4.64. The van der Waals surface area contributed by atoms with Crippen molar-refractivity contribution in [1.82, 2.24) is 9.78 Å². The predicted molar refractivity (Wildman–Crippen MR) is 104 cm³/mol. The second-order valence-electron chi connectivity index (χ2n) is 6.45. The topological polar surface area (TPSA) is 84.2 Å². The number of phenols is 1. The van der Waals surface area contributed by atoms with Crippen molar-refractivity contribution in [3.63, 3.8) is 0 Å². The Morgan fingerprint density at radius 1 is 1.19 bits per heavy atom. The Labute approximate surface area is 164 Å². The van der Waals surface area contributed by atoms with E-state index in [1.165, 1.54) is 12.1 Å². The summed E-state index contributed by atoms with van der Waals surface area (Å²) in [4.78, 5) is 25.4. The Balaban J connectivity index is 1.80. The molecule has 1 aliphatic heterocycles. The molecule has 2 N–H and O–H groups in total. The van der Waals surface area contributed by atoms with Crippen LogP contribution >= 0.6 is 15.9 Å². The molecular formula is C20H16BrN3O3. The van der Waals surface area contributed by atoms with E-state index in [-0.39, 0.29) is 23.9 Å². The van der Waals surface area contributed by atoms with Gasteiger partial charge in [-0.05, 0) is 55.5 Å². The molecule has 0 unspecified atom stereocenters. The number of hydrogen-bond donors (Lipinski definition) is 2. The lowest BCUT2D eigenvalue weighted by molar-refractivity contribution is -0.116. The SMILES string of the molecule is Cc1nn(-c2ccc(Br)cc2)c2c1[C@H](C(=O)c1ccc(O)cc1)CC(=O)N2. The zero-order chi connectivity index (χ0) is 19.1. The highest BCUT2D eigenvalue weighted by atomic mass is 79.9. The fraction of sp³-hybridized carbons (Fsp3) is 0.150. The molecule has 1 aliphatic rings. The average Bonchev–Trinajstić information content (AvgIpc) is 2.98. The summed E-state index contributed by atoms with van der Waals surface area (Å²) in [6, 6.07) is 13.6. The summed E-state index contributed by atoms with van der Waals surface area (Å²) < 4.78 is 2.60. The van der Waals surface area contributed by atoms with Crippen molar-refractivity contribution >= 4 is 33.4 Å². The van der Waals surface area contributed by atoms with Crippen LogP contribution in [0.25, 0.3) is 5.69 Å². The zero-order valence-corrected chi connectivity index (χ0v) is 16.0. The zero-order valence-electron chi connectivity index (χ0n) is 14.4. The number of hydrogen-bond acceptors (Lipinski definition) is 4. The number of anilines is 1. The lowest BCUT2D eigenvalue weighted by Crippen LogP contribution is -2.28. The highest BCUT2D eigenvalue weighted by molar-refractivity contribution is 9.10. The molecule has 0 bridgehead atoms. The van der Waals surface area contributed by atoms with Crippen LogP contribution in [0.3, 0.4) is 0 Å². The number of nitrogens with zero attached hydrogens (tertiary/aromatic N) is 2. The first kappa shape index (κ1) is 17.5. The number of aromatic hydroxyl groups is 1. The quantitative estimate of drug-likeness (QED) is 0.622. The van der Waals surface area contributed by atoms with Crippen LogP contribution in [0.2, 0.25) is 0 Å². The van der Waals surface area contributed by atoms with E-state index in [2.05, 4.69) is 26.3 Å². The molecule has 136 valence electrons. The van der Waals surface area contributed by atoms with E-state index in [1.54, 1.807) is 16.8 Å². The van der Waals surface area contributed by atoms with Gasteiger partial charge in [0.05, 0.1) is 17.3 Å². The van der Waals surface area contributed by atoms with Gasteiger partial charge in [0.25, 0.3) is 0 Å². The fourth-order valence-corrected chi connectivity index (χ4v) is 3.63. The summed E-state index contributed by atoms with van der Waals surface area (Å²) in [6.45, 7) is 1.84. The summed E-state index contributed by atoms with van der Waals surface area (Å²) in [7, 11) is 0. The van der Waals surface area contributed by atoms with Gasteiger partial charge in [-0.25, -0.2) is 4.68 Å². The van der Waals surface area contributed by atoms with E-state index in [0.717, 1.165) is 15.7 Å². The Hall–Kier alpha value is -2.93. The number of aryl methyl sites for hydroxylation is 1. The van der Waals surface area contributed by atoms with Crippen molar-refractivity contribution in [3.05, 3.63) is 69.8 Å². The molecule has 2 heterocycles. The second-order valence-corrected chi connectivity index (χ2v) is 7.37. The van der Waals surface area contributed by atoms with E-state index in [9.17, 15) is 14.7 Å². The molecule has 7 heteroatoms. The van der Waals surface area contributed by atoms with Gasteiger partial charge in [-0.3, -0.25) is 9.59 Å². The molecule has 0 aliphatic carbocycles.